The van der Waals surface area contributed by atoms with Gasteiger partial charge < -0.3 is 9.47 Å². The maximum atomic E-state index is 6.45. The molecule has 1 aliphatic heterocycles. The third kappa shape index (κ3) is 4.19. The van der Waals surface area contributed by atoms with Crippen LogP contribution in [0.5, 0.6) is 5.75 Å². The Balaban J connectivity index is 1.70. The molecule has 5 nitrogen and oxygen atoms in total. The molecule has 0 radical (unpaired) electrons. The van der Waals surface area contributed by atoms with E-state index in [1.54, 1.807) is 18.9 Å². The van der Waals surface area contributed by atoms with E-state index < -0.39 is 0 Å². The molecule has 28 heavy (non-hydrogen) atoms. The van der Waals surface area contributed by atoms with Crippen molar-refractivity contribution in [2.75, 3.05) is 19.5 Å². The molecule has 2 heterocycles. The number of rotatable bonds is 6. The molecule has 0 bridgehead atoms. The first-order valence-corrected chi connectivity index (χ1v) is 10.7. The van der Waals surface area contributed by atoms with E-state index in [9.17, 15) is 0 Å². The quantitative estimate of drug-likeness (QED) is 0.514. The van der Waals surface area contributed by atoms with Crippen molar-refractivity contribution in [2.45, 2.75) is 30.5 Å². The molecular formula is C21H22ClN3O2S. The summed E-state index contributed by atoms with van der Waals surface area (Å²) in [5.41, 5.74) is 1.82. The van der Waals surface area contributed by atoms with Crippen molar-refractivity contribution in [3.8, 4) is 22.8 Å². The van der Waals surface area contributed by atoms with Crippen LogP contribution in [0.15, 0.2) is 53.7 Å². The number of methoxy groups -OCH3 is 1. The van der Waals surface area contributed by atoms with E-state index in [1.165, 1.54) is 6.42 Å². The molecule has 1 saturated heterocycles. The molecule has 1 aromatic heterocycles. The van der Waals surface area contributed by atoms with E-state index in [0.29, 0.717) is 5.02 Å². The van der Waals surface area contributed by atoms with Crippen LogP contribution in [0.4, 0.5) is 0 Å². The molecule has 0 unspecified atom stereocenters. The van der Waals surface area contributed by atoms with E-state index in [2.05, 4.69) is 10.2 Å². The van der Waals surface area contributed by atoms with Crippen molar-refractivity contribution in [1.82, 2.24) is 14.8 Å². The molecule has 7 heteroatoms. The third-order valence-corrected chi connectivity index (χ3v) is 6.14. The highest BCUT2D eigenvalue weighted by molar-refractivity contribution is 7.99. The van der Waals surface area contributed by atoms with Gasteiger partial charge in [-0.1, -0.05) is 35.5 Å². The van der Waals surface area contributed by atoms with Crippen molar-refractivity contribution in [3.63, 3.8) is 0 Å². The Labute approximate surface area is 174 Å². The van der Waals surface area contributed by atoms with Crippen molar-refractivity contribution in [2.24, 2.45) is 0 Å². The Bertz CT molecular complexity index is 924. The van der Waals surface area contributed by atoms with Gasteiger partial charge in [0.15, 0.2) is 11.0 Å². The monoisotopic (exact) mass is 415 g/mol. The summed E-state index contributed by atoms with van der Waals surface area (Å²) in [6.07, 6.45) is 3.74. The van der Waals surface area contributed by atoms with Gasteiger partial charge in [-0.25, -0.2) is 0 Å². The van der Waals surface area contributed by atoms with E-state index in [0.717, 1.165) is 53.2 Å². The van der Waals surface area contributed by atoms with Gasteiger partial charge in [0.2, 0.25) is 0 Å². The second-order valence-corrected chi connectivity index (χ2v) is 8.01. The zero-order valence-electron chi connectivity index (χ0n) is 15.7. The molecule has 0 saturated carbocycles. The van der Waals surface area contributed by atoms with E-state index in [1.807, 2.05) is 53.1 Å². The van der Waals surface area contributed by atoms with Crippen molar-refractivity contribution < 1.29 is 9.47 Å². The molecule has 0 N–H and O–H groups in total. The molecule has 0 aliphatic carbocycles. The summed E-state index contributed by atoms with van der Waals surface area (Å²) in [5, 5.41) is 10.4. The van der Waals surface area contributed by atoms with Crippen LogP contribution in [0.2, 0.25) is 5.02 Å². The maximum absolute atomic E-state index is 6.45. The lowest BCUT2D eigenvalue weighted by Crippen LogP contribution is -2.21. The Kier molecular flexibility index (Phi) is 6.20. The summed E-state index contributed by atoms with van der Waals surface area (Å²) < 4.78 is 13.2. The number of nitrogens with zero attached hydrogens (tertiary/aromatic N) is 3. The number of hydrogen-bond acceptors (Lipinski definition) is 5. The lowest BCUT2D eigenvalue weighted by molar-refractivity contribution is 0.0315. The lowest BCUT2D eigenvalue weighted by Gasteiger charge is -2.22. The molecular weight excluding hydrogens is 394 g/mol. The molecule has 1 fully saturated rings. The fourth-order valence-electron chi connectivity index (χ4n) is 3.25. The molecule has 146 valence electrons. The summed E-state index contributed by atoms with van der Waals surface area (Å²) in [6.45, 7) is 0.848. The molecule has 0 amide bonds. The van der Waals surface area contributed by atoms with Gasteiger partial charge in [-0.15, -0.1) is 10.2 Å². The molecule has 1 atom stereocenters. The fourth-order valence-corrected chi connectivity index (χ4v) is 4.49. The number of halogens is 1. The first-order chi connectivity index (χ1) is 13.8. The van der Waals surface area contributed by atoms with E-state index in [4.69, 9.17) is 21.1 Å². The maximum Gasteiger partial charge on any atom is 0.196 e. The van der Waals surface area contributed by atoms with Gasteiger partial charge in [-0.2, -0.15) is 0 Å². The Morgan fingerprint density at radius 1 is 1.14 bits per heavy atom. The number of aromatic nitrogens is 3. The van der Waals surface area contributed by atoms with Crippen LogP contribution in [0, 0.1) is 0 Å². The molecule has 3 aromatic rings. The van der Waals surface area contributed by atoms with Crippen molar-refractivity contribution in [1.29, 1.82) is 0 Å². The van der Waals surface area contributed by atoms with Crippen LogP contribution in [0.25, 0.3) is 17.1 Å². The van der Waals surface area contributed by atoms with Crippen LogP contribution in [0.1, 0.15) is 19.3 Å². The SMILES string of the molecule is COc1ccc(-n2c(SC[C@H]3CCCCO3)nnc2-c2ccccc2Cl)cc1. The van der Waals surface area contributed by atoms with Crippen LogP contribution >= 0.6 is 23.4 Å². The average Bonchev–Trinajstić information content (AvgIpc) is 3.17. The number of hydrogen-bond donors (Lipinski definition) is 0. The summed E-state index contributed by atoms with van der Waals surface area (Å²) in [7, 11) is 1.66. The van der Waals surface area contributed by atoms with Crippen LogP contribution < -0.4 is 4.74 Å². The third-order valence-electron chi connectivity index (χ3n) is 4.75. The second kappa shape index (κ2) is 8.99. The largest absolute Gasteiger partial charge is 0.497 e. The Hall–Kier alpha value is -2.02. The van der Waals surface area contributed by atoms with Gasteiger partial charge in [0.05, 0.1) is 18.2 Å². The lowest BCUT2D eigenvalue weighted by atomic mass is 10.1. The smallest absolute Gasteiger partial charge is 0.196 e. The highest BCUT2D eigenvalue weighted by Crippen LogP contribution is 2.33. The minimum absolute atomic E-state index is 0.267. The van der Waals surface area contributed by atoms with E-state index >= 15 is 0 Å². The van der Waals surface area contributed by atoms with Gasteiger partial charge >= 0.3 is 0 Å². The molecule has 0 spiro atoms. The molecule has 2 aromatic carbocycles. The second-order valence-electron chi connectivity index (χ2n) is 6.62. The highest BCUT2D eigenvalue weighted by Gasteiger charge is 2.20. The van der Waals surface area contributed by atoms with Crippen LogP contribution in [-0.4, -0.2) is 40.3 Å². The summed E-state index contributed by atoms with van der Waals surface area (Å²) in [4.78, 5) is 0. The van der Waals surface area contributed by atoms with Gasteiger partial charge in [0.1, 0.15) is 5.75 Å². The van der Waals surface area contributed by atoms with E-state index in [-0.39, 0.29) is 6.10 Å². The van der Waals surface area contributed by atoms with Crippen molar-refractivity contribution in [3.05, 3.63) is 53.6 Å². The number of ether oxygens (including phenoxy) is 2. The Morgan fingerprint density at radius 3 is 2.68 bits per heavy atom. The Morgan fingerprint density at radius 2 is 1.96 bits per heavy atom. The first-order valence-electron chi connectivity index (χ1n) is 9.35. The standard InChI is InChI=1S/C21H22ClN3O2S/c1-26-16-11-9-15(10-12-16)25-20(18-7-2-3-8-19(18)22)23-24-21(25)28-14-17-6-4-5-13-27-17/h2-3,7-12,17H,4-6,13-14H2,1H3/t17-/m1/s1. The minimum atomic E-state index is 0.267. The van der Waals surface area contributed by atoms with Gasteiger partial charge in [-0.05, 0) is 55.7 Å². The predicted octanol–water partition coefficient (Wildman–Crippen LogP) is 5.26. The molecule has 1 aliphatic rings. The van der Waals surface area contributed by atoms with Gasteiger partial charge in [0.25, 0.3) is 0 Å². The minimum Gasteiger partial charge on any atom is -0.497 e. The zero-order valence-corrected chi connectivity index (χ0v) is 17.2. The summed E-state index contributed by atoms with van der Waals surface area (Å²) in [5.74, 6) is 2.39. The highest BCUT2D eigenvalue weighted by atomic mass is 35.5. The topological polar surface area (TPSA) is 49.2 Å². The fraction of sp³-hybridized carbons (Fsp3) is 0.333. The zero-order chi connectivity index (χ0) is 19.3. The van der Waals surface area contributed by atoms with Crippen LogP contribution in [-0.2, 0) is 4.74 Å². The normalized spacial score (nSPS) is 16.9. The van der Waals surface area contributed by atoms with Crippen molar-refractivity contribution >= 4 is 23.4 Å². The molecule has 4 rings (SSSR count). The number of benzene rings is 2. The summed E-state index contributed by atoms with van der Waals surface area (Å²) >= 11 is 8.12. The summed E-state index contributed by atoms with van der Waals surface area (Å²) in [6, 6.07) is 15.6. The predicted molar refractivity (Wildman–Crippen MR) is 113 cm³/mol. The average molecular weight is 416 g/mol. The van der Waals surface area contributed by atoms with Crippen LogP contribution in [0.3, 0.4) is 0 Å². The van der Waals surface area contributed by atoms with Gasteiger partial charge in [-0.3, -0.25) is 4.57 Å². The first kappa shape index (κ1) is 19.3. The van der Waals surface area contributed by atoms with Gasteiger partial charge in [0, 0.05) is 23.6 Å². The number of thioether (sulfide) groups is 1.